The van der Waals surface area contributed by atoms with Gasteiger partial charge in [0.1, 0.15) is 16.5 Å². The normalized spacial score (nSPS) is 20.9. The number of para-hydroxylation sites is 1. The van der Waals surface area contributed by atoms with Crippen molar-refractivity contribution in [1.29, 1.82) is 0 Å². The molecule has 0 radical (unpaired) electrons. The number of fused-ring (bicyclic) bond motifs is 1. The van der Waals surface area contributed by atoms with Gasteiger partial charge in [-0.1, -0.05) is 23.5 Å². The second-order valence-corrected chi connectivity index (χ2v) is 8.16. The molecule has 148 valence electrons. The Labute approximate surface area is 166 Å². The first kappa shape index (κ1) is 18.7. The van der Waals surface area contributed by atoms with Crippen LogP contribution in [0, 0.1) is 12.8 Å². The number of aromatic hydroxyl groups is 1. The van der Waals surface area contributed by atoms with Gasteiger partial charge in [-0.25, -0.2) is 4.98 Å². The number of nitrogens with two attached hydrogens (primary N) is 1. The van der Waals surface area contributed by atoms with Gasteiger partial charge in [0.15, 0.2) is 6.04 Å². The summed E-state index contributed by atoms with van der Waals surface area (Å²) in [7, 11) is 1.65. The van der Waals surface area contributed by atoms with Crippen molar-refractivity contribution in [3.05, 3.63) is 40.5 Å². The molecule has 28 heavy (non-hydrogen) atoms. The zero-order valence-electron chi connectivity index (χ0n) is 15.9. The van der Waals surface area contributed by atoms with Crippen molar-refractivity contribution in [3.63, 3.8) is 0 Å². The van der Waals surface area contributed by atoms with Gasteiger partial charge in [-0.2, -0.15) is 4.52 Å². The summed E-state index contributed by atoms with van der Waals surface area (Å²) >= 11 is 1.44. The van der Waals surface area contributed by atoms with Gasteiger partial charge in [-0.05, 0) is 19.1 Å². The number of benzene rings is 1. The highest BCUT2D eigenvalue weighted by Crippen LogP contribution is 2.38. The van der Waals surface area contributed by atoms with E-state index in [1.54, 1.807) is 14.0 Å². The van der Waals surface area contributed by atoms with Crippen molar-refractivity contribution in [1.82, 2.24) is 14.6 Å². The largest absolute Gasteiger partial charge is 0.496 e. The molecule has 1 aliphatic rings. The number of hydrogen-bond donors (Lipinski definition) is 3. The smallest absolute Gasteiger partial charge is 0.235 e. The molecule has 8 nitrogen and oxygen atoms in total. The Kier molecular flexibility index (Phi) is 4.94. The van der Waals surface area contributed by atoms with Gasteiger partial charge in [-0.15, -0.1) is 5.10 Å². The molecule has 1 amide bonds. The standard InChI is InChI=1S/C19H23N5O3S/c1-11-21-19-24(22-11)18(26)16(28-19)15(13-5-3-4-6-14(13)27-2)23-9-7-12(8-10-23)17(20)25/h3-6,12,15,26H,7-10H2,1-2H3,(H2,20,25)/p+1/t15-/m1/s1. The molecule has 3 heterocycles. The van der Waals surface area contributed by atoms with Gasteiger partial charge in [0.25, 0.3) is 0 Å². The number of aromatic nitrogens is 3. The van der Waals surface area contributed by atoms with Gasteiger partial charge in [0, 0.05) is 18.8 Å². The number of hydrogen-bond acceptors (Lipinski definition) is 6. The molecule has 0 unspecified atom stereocenters. The van der Waals surface area contributed by atoms with E-state index in [1.165, 1.54) is 20.8 Å². The predicted molar refractivity (Wildman–Crippen MR) is 105 cm³/mol. The number of rotatable bonds is 5. The quantitative estimate of drug-likeness (QED) is 0.582. The van der Waals surface area contributed by atoms with Crippen molar-refractivity contribution >= 4 is 22.2 Å². The highest BCUT2D eigenvalue weighted by molar-refractivity contribution is 7.17. The number of piperidine rings is 1. The fourth-order valence-electron chi connectivity index (χ4n) is 4.05. The molecule has 0 aliphatic carbocycles. The van der Waals surface area contributed by atoms with Crippen molar-refractivity contribution in [2.24, 2.45) is 11.7 Å². The molecule has 3 aromatic rings. The Hall–Kier alpha value is -2.65. The summed E-state index contributed by atoms with van der Waals surface area (Å²) < 4.78 is 7.10. The minimum atomic E-state index is -0.231. The van der Waals surface area contributed by atoms with Gasteiger partial charge < -0.3 is 20.5 Å². The molecule has 2 aromatic heterocycles. The van der Waals surface area contributed by atoms with E-state index < -0.39 is 0 Å². The Bertz CT molecular complexity index is 1010. The Balaban J connectivity index is 1.78. The maximum Gasteiger partial charge on any atom is 0.235 e. The number of nitrogens with one attached hydrogen (secondary N) is 1. The fraction of sp³-hybridized carbons (Fsp3) is 0.421. The Morgan fingerprint density at radius 1 is 1.39 bits per heavy atom. The van der Waals surface area contributed by atoms with Crippen LogP contribution in [0.3, 0.4) is 0 Å². The van der Waals surface area contributed by atoms with Crippen LogP contribution in [-0.2, 0) is 4.79 Å². The van der Waals surface area contributed by atoms with Gasteiger partial charge in [-0.3, -0.25) is 4.79 Å². The van der Waals surface area contributed by atoms with Crippen molar-refractivity contribution in [3.8, 4) is 11.6 Å². The lowest BCUT2D eigenvalue weighted by Gasteiger charge is -2.34. The van der Waals surface area contributed by atoms with Crippen LogP contribution in [0.1, 0.15) is 35.1 Å². The minimum Gasteiger partial charge on any atom is -0.496 e. The van der Waals surface area contributed by atoms with E-state index in [9.17, 15) is 9.90 Å². The van der Waals surface area contributed by atoms with Crippen molar-refractivity contribution in [2.75, 3.05) is 20.2 Å². The number of carbonyl (C=O) groups excluding carboxylic acids is 1. The third-order valence-electron chi connectivity index (χ3n) is 5.46. The summed E-state index contributed by atoms with van der Waals surface area (Å²) in [5.41, 5.74) is 6.50. The average molecular weight is 403 g/mol. The topological polar surface area (TPSA) is 107 Å². The van der Waals surface area contributed by atoms with E-state index in [-0.39, 0.29) is 23.7 Å². The molecular weight excluding hydrogens is 378 g/mol. The van der Waals surface area contributed by atoms with Gasteiger partial charge in [0.05, 0.1) is 25.8 Å². The molecule has 1 atom stereocenters. The van der Waals surface area contributed by atoms with Crippen LogP contribution in [0.2, 0.25) is 0 Å². The maximum absolute atomic E-state index is 11.6. The van der Waals surface area contributed by atoms with Crippen LogP contribution >= 0.6 is 11.3 Å². The van der Waals surface area contributed by atoms with Crippen molar-refractivity contribution < 1.29 is 19.5 Å². The van der Waals surface area contributed by atoms with Crippen LogP contribution in [0.5, 0.6) is 11.6 Å². The molecule has 4 N–H and O–H groups in total. The van der Waals surface area contributed by atoms with Crippen LogP contribution in [0.15, 0.2) is 24.3 Å². The number of nitrogens with zero attached hydrogens (tertiary/aromatic N) is 3. The number of primary amides is 1. The van der Waals surface area contributed by atoms with Crippen LogP contribution in [0.4, 0.5) is 0 Å². The van der Waals surface area contributed by atoms with Crippen LogP contribution in [-0.4, -0.2) is 45.8 Å². The lowest BCUT2D eigenvalue weighted by Crippen LogP contribution is -3.13. The molecule has 9 heteroatoms. The number of likely N-dealkylation sites (tertiary alicyclic amines) is 1. The summed E-state index contributed by atoms with van der Waals surface area (Å²) in [6.45, 7) is 3.36. The monoisotopic (exact) mass is 402 g/mol. The molecule has 0 bridgehead atoms. The molecular formula is C19H24N5O3S+. The van der Waals surface area contributed by atoms with E-state index in [0.29, 0.717) is 10.8 Å². The number of ether oxygens (including phenoxy) is 1. The molecule has 1 aromatic carbocycles. The Morgan fingerprint density at radius 2 is 2.11 bits per heavy atom. The molecule has 0 saturated carbocycles. The molecule has 1 saturated heterocycles. The number of amides is 1. The lowest BCUT2D eigenvalue weighted by molar-refractivity contribution is -0.930. The minimum absolute atomic E-state index is 0.0827. The molecule has 4 rings (SSSR count). The van der Waals surface area contributed by atoms with E-state index in [1.807, 2.05) is 24.3 Å². The highest BCUT2D eigenvalue weighted by Gasteiger charge is 2.37. The molecule has 0 spiro atoms. The number of thiazole rings is 1. The van der Waals surface area contributed by atoms with E-state index >= 15 is 0 Å². The first-order valence-corrected chi connectivity index (χ1v) is 10.1. The summed E-state index contributed by atoms with van der Waals surface area (Å²) in [6.07, 6.45) is 1.47. The molecule has 1 aliphatic heterocycles. The number of methoxy groups -OCH3 is 1. The zero-order valence-corrected chi connectivity index (χ0v) is 16.7. The average Bonchev–Trinajstić information content (AvgIpc) is 3.20. The zero-order chi connectivity index (χ0) is 19.8. The highest BCUT2D eigenvalue weighted by atomic mass is 32.1. The van der Waals surface area contributed by atoms with Crippen LogP contribution in [0.25, 0.3) is 4.96 Å². The summed E-state index contributed by atoms with van der Waals surface area (Å²) in [5, 5.41) is 15.2. The van der Waals surface area contributed by atoms with E-state index in [4.69, 9.17) is 10.5 Å². The second-order valence-electron chi connectivity index (χ2n) is 7.15. The predicted octanol–water partition coefficient (Wildman–Crippen LogP) is 0.683. The number of aryl methyl sites for hydroxylation is 1. The first-order chi connectivity index (χ1) is 13.5. The maximum atomic E-state index is 11.6. The SMILES string of the molecule is COc1ccccc1[C@H](c1sc2nc(C)nn2c1O)[NH+]1CCC(C(N)=O)CC1. The van der Waals surface area contributed by atoms with Crippen LogP contribution < -0.4 is 15.4 Å². The first-order valence-electron chi connectivity index (χ1n) is 9.31. The van der Waals surface area contributed by atoms with Gasteiger partial charge >= 0.3 is 0 Å². The van der Waals surface area contributed by atoms with E-state index in [0.717, 1.165) is 42.1 Å². The number of carbonyl (C=O) groups is 1. The third-order valence-corrected chi connectivity index (χ3v) is 6.54. The van der Waals surface area contributed by atoms with Gasteiger partial charge in [0.2, 0.25) is 16.7 Å². The summed E-state index contributed by atoms with van der Waals surface area (Å²) in [4.78, 5) is 18.7. The Morgan fingerprint density at radius 3 is 2.75 bits per heavy atom. The second kappa shape index (κ2) is 7.40. The summed E-state index contributed by atoms with van der Waals surface area (Å²) in [5.74, 6) is 1.19. The third kappa shape index (κ3) is 3.20. The number of quaternary nitrogens is 1. The van der Waals surface area contributed by atoms with E-state index in [2.05, 4.69) is 10.1 Å². The fourth-order valence-corrected chi connectivity index (χ4v) is 5.23. The summed E-state index contributed by atoms with van der Waals surface area (Å²) in [6, 6.07) is 7.71. The van der Waals surface area contributed by atoms with Crippen molar-refractivity contribution in [2.45, 2.75) is 25.8 Å². The molecule has 1 fully saturated rings. The lowest BCUT2D eigenvalue weighted by atomic mass is 9.93.